The Hall–Kier alpha value is -4.15. The molecule has 0 bridgehead atoms. The molecule has 0 radical (unpaired) electrons. The van der Waals surface area contributed by atoms with Crippen LogP contribution >= 0.6 is 0 Å². The van der Waals surface area contributed by atoms with Crippen LogP contribution in [0.1, 0.15) is 22.8 Å². The standard InChI is InChI=1S/C22H19F3N2O6/c1-12(33-18(29)10-5-13-3-6-14(7-4-13)22(31)32-2)21(30)26-11-17(28)27-16-9-8-15(23)19(24)20(16)25/h3-10,12H,11H2,1-2H3,(H,26,30)(H,27,28). The molecule has 33 heavy (non-hydrogen) atoms. The van der Waals surface area contributed by atoms with Gasteiger partial charge >= 0.3 is 11.9 Å². The number of rotatable bonds is 8. The van der Waals surface area contributed by atoms with Crippen LogP contribution in [0.25, 0.3) is 6.08 Å². The summed E-state index contributed by atoms with van der Waals surface area (Å²) in [6.07, 6.45) is 1.20. The van der Waals surface area contributed by atoms with Gasteiger partial charge in [-0.1, -0.05) is 12.1 Å². The van der Waals surface area contributed by atoms with E-state index in [1.165, 1.54) is 32.2 Å². The van der Waals surface area contributed by atoms with Gasteiger partial charge in [-0.15, -0.1) is 0 Å². The van der Waals surface area contributed by atoms with E-state index in [4.69, 9.17) is 4.74 Å². The third-order valence-corrected chi connectivity index (χ3v) is 4.14. The number of benzene rings is 2. The molecule has 0 fully saturated rings. The van der Waals surface area contributed by atoms with Crippen molar-refractivity contribution in [3.8, 4) is 0 Å². The van der Waals surface area contributed by atoms with Crippen LogP contribution < -0.4 is 10.6 Å². The molecule has 2 rings (SSSR count). The number of halogens is 3. The third-order valence-electron chi connectivity index (χ3n) is 4.14. The summed E-state index contributed by atoms with van der Waals surface area (Å²) in [5, 5.41) is 4.15. The molecule has 2 N–H and O–H groups in total. The molecular formula is C22H19F3N2O6. The van der Waals surface area contributed by atoms with Crippen LogP contribution in [0.5, 0.6) is 0 Å². The molecular weight excluding hydrogens is 445 g/mol. The zero-order chi connectivity index (χ0) is 24.5. The molecule has 1 unspecified atom stereocenters. The van der Waals surface area contributed by atoms with E-state index < -0.39 is 59.5 Å². The minimum absolute atomic E-state index is 0.332. The molecule has 0 spiro atoms. The Balaban J connectivity index is 1.81. The Bertz CT molecular complexity index is 1090. The van der Waals surface area contributed by atoms with Crippen molar-refractivity contribution in [1.29, 1.82) is 0 Å². The highest BCUT2D eigenvalue weighted by molar-refractivity contribution is 5.96. The number of esters is 2. The molecule has 0 aliphatic heterocycles. The molecule has 2 aromatic rings. The monoisotopic (exact) mass is 464 g/mol. The first kappa shape index (κ1) is 25.1. The van der Waals surface area contributed by atoms with Crippen molar-refractivity contribution >= 4 is 35.5 Å². The highest BCUT2D eigenvalue weighted by atomic mass is 19.2. The number of anilines is 1. The van der Waals surface area contributed by atoms with Crippen LogP contribution in [0.4, 0.5) is 18.9 Å². The molecule has 11 heteroatoms. The number of methoxy groups -OCH3 is 1. The van der Waals surface area contributed by atoms with Crippen LogP contribution in [0.15, 0.2) is 42.5 Å². The number of amides is 2. The number of carbonyl (C=O) groups excluding carboxylic acids is 4. The fourth-order valence-corrected chi connectivity index (χ4v) is 2.41. The molecule has 2 amide bonds. The summed E-state index contributed by atoms with van der Waals surface area (Å²) in [6.45, 7) is 0.626. The van der Waals surface area contributed by atoms with Crippen molar-refractivity contribution in [3.63, 3.8) is 0 Å². The predicted molar refractivity (Wildman–Crippen MR) is 110 cm³/mol. The molecule has 0 aliphatic rings. The zero-order valence-electron chi connectivity index (χ0n) is 17.5. The van der Waals surface area contributed by atoms with Crippen LogP contribution in [-0.4, -0.2) is 43.5 Å². The number of hydrogen-bond acceptors (Lipinski definition) is 6. The Morgan fingerprint density at radius 1 is 1.00 bits per heavy atom. The Labute approximate surface area is 186 Å². The largest absolute Gasteiger partial charge is 0.465 e. The SMILES string of the molecule is COC(=O)c1ccc(C=CC(=O)OC(C)C(=O)NCC(=O)Nc2ccc(F)c(F)c2F)cc1. The van der Waals surface area contributed by atoms with Gasteiger partial charge in [0.25, 0.3) is 5.91 Å². The van der Waals surface area contributed by atoms with Crippen molar-refractivity contribution in [3.05, 3.63) is 71.1 Å². The molecule has 1 atom stereocenters. The highest BCUT2D eigenvalue weighted by Crippen LogP contribution is 2.19. The summed E-state index contributed by atoms with van der Waals surface area (Å²) in [5.41, 5.74) is 0.314. The van der Waals surface area contributed by atoms with E-state index in [1.807, 2.05) is 5.32 Å². The molecule has 0 aliphatic carbocycles. The second-order valence-electron chi connectivity index (χ2n) is 6.51. The lowest BCUT2D eigenvalue weighted by Gasteiger charge is -2.12. The van der Waals surface area contributed by atoms with E-state index in [0.29, 0.717) is 17.2 Å². The maximum atomic E-state index is 13.6. The van der Waals surface area contributed by atoms with Crippen molar-refractivity contribution in [1.82, 2.24) is 5.32 Å². The summed E-state index contributed by atoms with van der Waals surface area (Å²) in [6, 6.07) is 7.61. The van der Waals surface area contributed by atoms with E-state index in [-0.39, 0.29) is 0 Å². The van der Waals surface area contributed by atoms with Gasteiger partial charge in [0.1, 0.15) is 0 Å². The van der Waals surface area contributed by atoms with Gasteiger partial charge in [0.05, 0.1) is 24.9 Å². The lowest BCUT2D eigenvalue weighted by atomic mass is 10.1. The summed E-state index contributed by atoms with van der Waals surface area (Å²) in [4.78, 5) is 47.0. The summed E-state index contributed by atoms with van der Waals surface area (Å²) < 4.78 is 49.1. The first-order valence-electron chi connectivity index (χ1n) is 9.40. The lowest BCUT2D eigenvalue weighted by Crippen LogP contribution is -2.40. The van der Waals surface area contributed by atoms with Gasteiger partial charge in [0.2, 0.25) is 5.91 Å². The second-order valence-corrected chi connectivity index (χ2v) is 6.51. The summed E-state index contributed by atoms with van der Waals surface area (Å²) >= 11 is 0. The van der Waals surface area contributed by atoms with E-state index in [2.05, 4.69) is 10.1 Å². The van der Waals surface area contributed by atoms with Gasteiger partial charge in [0, 0.05) is 6.08 Å². The van der Waals surface area contributed by atoms with Crippen LogP contribution in [0.3, 0.4) is 0 Å². The maximum Gasteiger partial charge on any atom is 0.337 e. The second kappa shape index (κ2) is 11.5. The average Bonchev–Trinajstić information content (AvgIpc) is 2.81. The lowest BCUT2D eigenvalue weighted by molar-refractivity contribution is -0.150. The van der Waals surface area contributed by atoms with Gasteiger partial charge < -0.3 is 20.1 Å². The molecule has 0 aromatic heterocycles. The van der Waals surface area contributed by atoms with Gasteiger partial charge in [-0.3, -0.25) is 9.59 Å². The van der Waals surface area contributed by atoms with E-state index in [0.717, 1.165) is 12.1 Å². The maximum absolute atomic E-state index is 13.6. The molecule has 0 heterocycles. The normalized spacial score (nSPS) is 11.5. The quantitative estimate of drug-likeness (QED) is 0.353. The van der Waals surface area contributed by atoms with Crippen molar-refractivity contribution in [2.45, 2.75) is 13.0 Å². The Morgan fingerprint density at radius 2 is 1.67 bits per heavy atom. The first-order chi connectivity index (χ1) is 15.6. The highest BCUT2D eigenvalue weighted by Gasteiger charge is 2.19. The molecule has 8 nitrogen and oxygen atoms in total. The minimum Gasteiger partial charge on any atom is -0.465 e. The molecule has 0 saturated heterocycles. The van der Waals surface area contributed by atoms with Crippen LogP contribution in [0.2, 0.25) is 0 Å². The first-order valence-corrected chi connectivity index (χ1v) is 9.40. The van der Waals surface area contributed by atoms with Crippen LogP contribution in [-0.2, 0) is 23.9 Å². The smallest absolute Gasteiger partial charge is 0.337 e. The van der Waals surface area contributed by atoms with Gasteiger partial charge in [-0.2, -0.15) is 0 Å². The Morgan fingerprint density at radius 3 is 2.30 bits per heavy atom. The zero-order valence-corrected chi connectivity index (χ0v) is 17.5. The summed E-state index contributed by atoms with van der Waals surface area (Å²) in [7, 11) is 1.25. The van der Waals surface area contributed by atoms with Crippen molar-refractivity contribution in [2.24, 2.45) is 0 Å². The number of nitrogens with one attached hydrogen (secondary N) is 2. The average molecular weight is 464 g/mol. The van der Waals surface area contributed by atoms with E-state index in [9.17, 15) is 32.3 Å². The molecule has 0 saturated carbocycles. The van der Waals surface area contributed by atoms with Gasteiger partial charge in [-0.05, 0) is 42.8 Å². The van der Waals surface area contributed by atoms with E-state index in [1.54, 1.807) is 12.1 Å². The number of ether oxygens (including phenoxy) is 2. The van der Waals surface area contributed by atoms with Gasteiger partial charge in [-0.25, -0.2) is 22.8 Å². The number of hydrogen-bond donors (Lipinski definition) is 2. The summed E-state index contributed by atoms with van der Waals surface area (Å²) in [5.74, 6) is -7.83. The third kappa shape index (κ3) is 7.20. The fraction of sp³-hybridized carbons (Fsp3) is 0.182. The van der Waals surface area contributed by atoms with E-state index >= 15 is 0 Å². The van der Waals surface area contributed by atoms with Crippen molar-refractivity contribution in [2.75, 3.05) is 19.0 Å². The molecule has 174 valence electrons. The fourth-order valence-electron chi connectivity index (χ4n) is 2.41. The Kier molecular flexibility index (Phi) is 8.72. The minimum atomic E-state index is -1.75. The number of carbonyl (C=O) groups is 4. The molecule has 2 aromatic carbocycles. The van der Waals surface area contributed by atoms with Crippen LogP contribution in [0, 0.1) is 17.5 Å². The van der Waals surface area contributed by atoms with Crippen molar-refractivity contribution < 1.29 is 41.8 Å². The predicted octanol–water partition coefficient (Wildman–Crippen LogP) is 2.59. The van der Waals surface area contributed by atoms with Gasteiger partial charge in [0.15, 0.2) is 23.6 Å². The topological polar surface area (TPSA) is 111 Å².